The Morgan fingerprint density at radius 3 is 1.91 bits per heavy atom. The molecule has 0 amide bonds. The predicted molar refractivity (Wildman–Crippen MR) is 182 cm³/mol. The summed E-state index contributed by atoms with van der Waals surface area (Å²) in [6.07, 6.45) is 13.0. The monoisotopic (exact) mass is 632 g/mol. The van der Waals surface area contributed by atoms with Crippen molar-refractivity contribution in [1.29, 1.82) is 0 Å². The molecule has 0 saturated carbocycles. The van der Waals surface area contributed by atoms with E-state index in [-0.39, 0.29) is 24.6 Å². The Balaban J connectivity index is 1.04. The lowest BCUT2D eigenvalue weighted by Crippen LogP contribution is -2.39. The number of hydrogen-bond acceptors (Lipinski definition) is 7. The highest BCUT2D eigenvalue weighted by Crippen LogP contribution is 2.27. The number of aliphatic hydroxyl groups excluding tert-OH is 1. The Morgan fingerprint density at radius 2 is 1.30 bits per heavy atom. The smallest absolute Gasteiger partial charge is 0.343 e. The predicted octanol–water partition coefficient (Wildman–Crippen LogP) is 9.15. The van der Waals surface area contributed by atoms with Crippen molar-refractivity contribution in [3.63, 3.8) is 0 Å². The summed E-state index contributed by atoms with van der Waals surface area (Å²) in [5.74, 6) is 1.66. The van der Waals surface area contributed by atoms with Crippen LogP contribution in [0.4, 0.5) is 0 Å². The molecule has 1 saturated heterocycles. The van der Waals surface area contributed by atoms with Crippen LogP contribution in [-0.2, 0) is 9.47 Å². The zero-order valence-corrected chi connectivity index (χ0v) is 27.8. The second kappa shape index (κ2) is 19.3. The van der Waals surface area contributed by atoms with Crippen LogP contribution < -0.4 is 14.2 Å². The van der Waals surface area contributed by atoms with E-state index < -0.39 is 5.97 Å². The number of ether oxygens (including phenoxy) is 5. The van der Waals surface area contributed by atoms with Crippen molar-refractivity contribution in [3.05, 3.63) is 78.4 Å². The molecule has 1 aliphatic rings. The first-order chi connectivity index (χ1) is 22.4. The quantitative estimate of drug-likeness (QED) is 0.0801. The van der Waals surface area contributed by atoms with Gasteiger partial charge in [-0.25, -0.2) is 4.79 Å². The second-order valence-electron chi connectivity index (χ2n) is 12.3. The van der Waals surface area contributed by atoms with Gasteiger partial charge < -0.3 is 28.8 Å². The molecule has 1 heterocycles. The lowest BCUT2D eigenvalue weighted by atomic mass is 10.0. The van der Waals surface area contributed by atoms with Crippen LogP contribution >= 0.6 is 0 Å². The number of carbonyl (C=O) groups is 1. The topological polar surface area (TPSA) is 83.5 Å². The van der Waals surface area contributed by atoms with Gasteiger partial charge in [0.2, 0.25) is 0 Å². The summed E-state index contributed by atoms with van der Waals surface area (Å²) in [6, 6.07) is 22.4. The van der Waals surface area contributed by atoms with Crippen LogP contribution in [0.25, 0.3) is 11.1 Å². The van der Waals surface area contributed by atoms with Crippen molar-refractivity contribution in [1.82, 2.24) is 0 Å². The van der Waals surface area contributed by atoms with Gasteiger partial charge >= 0.3 is 5.97 Å². The maximum Gasteiger partial charge on any atom is 0.343 e. The zero-order chi connectivity index (χ0) is 32.6. The fourth-order valence-corrected chi connectivity index (χ4v) is 5.81. The lowest BCUT2D eigenvalue weighted by Gasteiger charge is -2.36. The lowest BCUT2D eigenvalue weighted by molar-refractivity contribution is -0.249. The van der Waals surface area contributed by atoms with Crippen LogP contribution in [0.1, 0.15) is 101 Å². The van der Waals surface area contributed by atoms with E-state index in [0.717, 1.165) is 55.6 Å². The summed E-state index contributed by atoms with van der Waals surface area (Å²) < 4.78 is 28.8. The van der Waals surface area contributed by atoms with E-state index in [1.54, 1.807) is 43.5 Å². The van der Waals surface area contributed by atoms with Crippen molar-refractivity contribution >= 4 is 5.97 Å². The highest BCUT2D eigenvalue weighted by atomic mass is 16.7. The van der Waals surface area contributed by atoms with Gasteiger partial charge in [0.15, 0.2) is 6.29 Å². The summed E-state index contributed by atoms with van der Waals surface area (Å²) in [5, 5.41) is 9.73. The average molecular weight is 633 g/mol. The summed E-state index contributed by atoms with van der Waals surface area (Å²) >= 11 is 0. The van der Waals surface area contributed by atoms with E-state index in [1.165, 1.54) is 38.5 Å². The number of rotatable bonds is 19. The molecule has 0 aliphatic carbocycles. The fraction of sp³-hybridized carbons (Fsp3) is 0.513. The normalized spacial score (nSPS) is 18.6. The van der Waals surface area contributed by atoms with E-state index in [9.17, 15) is 9.90 Å². The van der Waals surface area contributed by atoms with Gasteiger partial charge in [-0.2, -0.15) is 0 Å². The van der Waals surface area contributed by atoms with Gasteiger partial charge in [-0.15, -0.1) is 0 Å². The molecule has 0 radical (unpaired) electrons. The Morgan fingerprint density at radius 1 is 0.761 bits per heavy atom. The zero-order valence-electron chi connectivity index (χ0n) is 27.8. The molecule has 3 aromatic rings. The maximum atomic E-state index is 12.5. The first kappa shape index (κ1) is 35.5. The maximum absolute atomic E-state index is 12.5. The first-order valence-corrected chi connectivity index (χ1v) is 17.1. The third-order valence-corrected chi connectivity index (χ3v) is 8.45. The molecule has 1 aliphatic heterocycles. The van der Waals surface area contributed by atoms with Gasteiger partial charge in [0.1, 0.15) is 17.2 Å². The van der Waals surface area contributed by atoms with Crippen LogP contribution in [0.3, 0.4) is 0 Å². The van der Waals surface area contributed by atoms with E-state index in [0.29, 0.717) is 23.5 Å². The highest BCUT2D eigenvalue weighted by Gasteiger charge is 2.29. The van der Waals surface area contributed by atoms with Crippen molar-refractivity contribution in [2.75, 3.05) is 13.7 Å². The summed E-state index contributed by atoms with van der Waals surface area (Å²) in [4.78, 5) is 12.5. The molecule has 4 atom stereocenters. The minimum absolute atomic E-state index is 0.114. The van der Waals surface area contributed by atoms with E-state index >= 15 is 0 Å². The molecule has 4 rings (SSSR count). The number of unbranched alkanes of at least 4 members (excludes halogenated alkanes) is 7. The minimum atomic E-state index is -0.398. The molecule has 250 valence electrons. The summed E-state index contributed by atoms with van der Waals surface area (Å²) in [7, 11) is 1.60. The number of esters is 1. The Hall–Kier alpha value is -3.39. The number of carbonyl (C=O) groups excluding carboxylic acids is 1. The van der Waals surface area contributed by atoms with Crippen LogP contribution in [0.15, 0.2) is 72.8 Å². The first-order valence-electron chi connectivity index (χ1n) is 17.1. The summed E-state index contributed by atoms with van der Waals surface area (Å²) in [6.45, 7) is 4.71. The van der Waals surface area contributed by atoms with Crippen molar-refractivity contribution < 1.29 is 33.6 Å². The molecule has 4 unspecified atom stereocenters. The SMILES string of the molecule is CCC1CC(CC(C)O)OC(CCCCCCCCCCOc2ccc(-c3ccc(C(=O)Oc4ccc(OC)cc4)cc3)cc2)O1. The Labute approximate surface area is 275 Å². The molecule has 0 aromatic heterocycles. The number of aliphatic hydroxyl groups is 1. The van der Waals surface area contributed by atoms with Crippen molar-refractivity contribution in [3.8, 4) is 28.4 Å². The number of methoxy groups -OCH3 is 1. The van der Waals surface area contributed by atoms with E-state index in [1.807, 2.05) is 43.3 Å². The molecule has 7 heteroatoms. The second-order valence-corrected chi connectivity index (χ2v) is 12.3. The largest absolute Gasteiger partial charge is 0.497 e. The Bertz CT molecular complexity index is 1270. The van der Waals surface area contributed by atoms with Crippen LogP contribution in [0, 0.1) is 0 Å². The number of benzene rings is 3. The summed E-state index contributed by atoms with van der Waals surface area (Å²) in [5.41, 5.74) is 2.58. The highest BCUT2D eigenvalue weighted by molar-refractivity contribution is 5.91. The Kier molecular flexibility index (Phi) is 14.9. The molecule has 7 nitrogen and oxygen atoms in total. The standard InChI is InChI=1S/C39H52O7/c1-4-33-28-37(27-29(2)40)45-38(44-33)13-11-9-7-5-6-8-10-12-26-43-35-20-18-31(19-21-35)30-14-16-32(17-15-30)39(41)46-36-24-22-34(42-3)23-25-36/h14-25,29,33,37-38,40H,4-13,26-28H2,1-3H3. The molecular formula is C39H52O7. The third-order valence-electron chi connectivity index (χ3n) is 8.45. The fourth-order valence-electron chi connectivity index (χ4n) is 5.81. The number of hydrogen-bond donors (Lipinski definition) is 1. The molecule has 3 aromatic carbocycles. The van der Waals surface area contributed by atoms with Gasteiger partial charge in [-0.1, -0.05) is 69.7 Å². The van der Waals surface area contributed by atoms with Gasteiger partial charge in [0, 0.05) is 6.42 Å². The van der Waals surface area contributed by atoms with Gasteiger partial charge in [0.05, 0.1) is 37.6 Å². The van der Waals surface area contributed by atoms with Crippen LogP contribution in [0.5, 0.6) is 17.2 Å². The van der Waals surface area contributed by atoms with Crippen molar-refractivity contribution in [2.45, 2.75) is 115 Å². The average Bonchev–Trinajstić information content (AvgIpc) is 3.07. The molecule has 0 bridgehead atoms. The van der Waals surface area contributed by atoms with E-state index in [2.05, 4.69) is 6.92 Å². The van der Waals surface area contributed by atoms with Crippen molar-refractivity contribution in [2.24, 2.45) is 0 Å². The van der Waals surface area contributed by atoms with Gasteiger partial charge in [-0.05, 0) is 98.7 Å². The van der Waals surface area contributed by atoms with Crippen LogP contribution in [-0.4, -0.2) is 49.4 Å². The molecule has 1 fully saturated rings. The van der Waals surface area contributed by atoms with Gasteiger partial charge in [-0.3, -0.25) is 0 Å². The van der Waals surface area contributed by atoms with Crippen LogP contribution in [0.2, 0.25) is 0 Å². The molecular weight excluding hydrogens is 580 g/mol. The molecule has 46 heavy (non-hydrogen) atoms. The van der Waals surface area contributed by atoms with Gasteiger partial charge in [0.25, 0.3) is 0 Å². The molecule has 0 spiro atoms. The third kappa shape index (κ3) is 12.1. The minimum Gasteiger partial charge on any atom is -0.497 e. The molecule has 1 N–H and O–H groups in total. The van der Waals surface area contributed by atoms with E-state index in [4.69, 9.17) is 23.7 Å².